The third kappa shape index (κ3) is 2.20. The van der Waals surface area contributed by atoms with Gasteiger partial charge in [-0.25, -0.2) is 0 Å². The predicted octanol–water partition coefficient (Wildman–Crippen LogP) is -0.0348. The molecule has 0 fully saturated rings. The molecule has 1 aromatic carbocycles. The minimum absolute atomic E-state index is 0.187. The Morgan fingerprint density at radius 3 is 2.82 bits per heavy atom. The quantitative estimate of drug-likeness (QED) is 0.557. The first-order chi connectivity index (χ1) is 8.08. The summed E-state index contributed by atoms with van der Waals surface area (Å²) in [5, 5.41) is 3.14. The van der Waals surface area contributed by atoms with Crippen LogP contribution in [0.15, 0.2) is 24.4 Å². The highest BCUT2D eigenvalue weighted by Crippen LogP contribution is 2.20. The molecule has 0 unspecified atom stereocenters. The van der Waals surface area contributed by atoms with Gasteiger partial charge in [0.2, 0.25) is 5.91 Å². The van der Waals surface area contributed by atoms with Gasteiger partial charge in [0, 0.05) is 22.8 Å². The first-order valence-corrected chi connectivity index (χ1v) is 5.01. The average molecular weight is 232 g/mol. The fourth-order valence-electron chi connectivity index (χ4n) is 1.59. The van der Waals surface area contributed by atoms with Crippen LogP contribution < -0.4 is 16.8 Å². The van der Waals surface area contributed by atoms with Crippen molar-refractivity contribution < 1.29 is 9.59 Å². The number of hydrogen-bond acceptors (Lipinski definition) is 3. The summed E-state index contributed by atoms with van der Waals surface area (Å²) in [5.41, 5.74) is 12.4. The number of carbonyl (C=O) groups is 2. The molecule has 0 aliphatic heterocycles. The van der Waals surface area contributed by atoms with Crippen molar-refractivity contribution in [1.29, 1.82) is 0 Å². The summed E-state index contributed by atoms with van der Waals surface area (Å²) in [6.07, 6.45) is 1.57. The minimum atomic E-state index is -0.585. The van der Waals surface area contributed by atoms with Crippen molar-refractivity contribution in [2.24, 2.45) is 5.73 Å². The predicted molar refractivity (Wildman–Crippen MR) is 64.2 cm³/mol. The van der Waals surface area contributed by atoms with E-state index in [1.54, 1.807) is 24.4 Å². The summed E-state index contributed by atoms with van der Waals surface area (Å²) in [5.74, 6) is -0.946. The van der Waals surface area contributed by atoms with Crippen molar-refractivity contribution in [3.05, 3.63) is 30.0 Å². The molecular weight excluding hydrogens is 220 g/mol. The summed E-state index contributed by atoms with van der Waals surface area (Å²) in [4.78, 5) is 25.3. The third-order valence-electron chi connectivity index (χ3n) is 2.37. The molecular formula is C11H12N4O2. The number of nitrogen functional groups attached to an aromatic ring is 1. The van der Waals surface area contributed by atoms with Crippen molar-refractivity contribution in [2.75, 3.05) is 12.3 Å². The lowest BCUT2D eigenvalue weighted by Gasteiger charge is -2.01. The number of nitrogens with two attached hydrogens (primary N) is 2. The number of fused-ring (bicyclic) bond motifs is 1. The summed E-state index contributed by atoms with van der Waals surface area (Å²) >= 11 is 0. The number of benzene rings is 1. The van der Waals surface area contributed by atoms with Crippen LogP contribution in [0.3, 0.4) is 0 Å². The van der Waals surface area contributed by atoms with Gasteiger partial charge in [-0.2, -0.15) is 0 Å². The third-order valence-corrected chi connectivity index (χ3v) is 2.37. The SMILES string of the molecule is NC(=O)CNC(=O)c1c[nH]c2ccc(N)cc12. The van der Waals surface area contributed by atoms with Gasteiger partial charge in [-0.05, 0) is 18.2 Å². The fraction of sp³-hybridized carbons (Fsp3) is 0.0909. The number of aromatic nitrogens is 1. The Balaban J connectivity index is 2.32. The van der Waals surface area contributed by atoms with Gasteiger partial charge in [0.05, 0.1) is 12.1 Å². The van der Waals surface area contributed by atoms with Crippen LogP contribution in [0.4, 0.5) is 5.69 Å². The molecule has 2 aromatic rings. The van der Waals surface area contributed by atoms with E-state index in [4.69, 9.17) is 11.5 Å². The second-order valence-corrected chi connectivity index (χ2v) is 3.66. The summed E-state index contributed by atoms with van der Waals surface area (Å²) < 4.78 is 0. The van der Waals surface area contributed by atoms with Gasteiger partial charge in [-0.1, -0.05) is 0 Å². The van der Waals surface area contributed by atoms with Gasteiger partial charge in [0.25, 0.3) is 5.91 Å². The van der Waals surface area contributed by atoms with Crippen LogP contribution in [0.25, 0.3) is 10.9 Å². The van der Waals surface area contributed by atoms with Crippen LogP contribution >= 0.6 is 0 Å². The van der Waals surface area contributed by atoms with Crippen LogP contribution in [-0.2, 0) is 4.79 Å². The molecule has 0 radical (unpaired) electrons. The Morgan fingerprint density at radius 1 is 1.35 bits per heavy atom. The first-order valence-electron chi connectivity index (χ1n) is 5.01. The zero-order valence-electron chi connectivity index (χ0n) is 8.99. The van der Waals surface area contributed by atoms with Gasteiger partial charge in [0.15, 0.2) is 0 Å². The fourth-order valence-corrected chi connectivity index (χ4v) is 1.59. The van der Waals surface area contributed by atoms with Crippen molar-refractivity contribution in [2.45, 2.75) is 0 Å². The first kappa shape index (κ1) is 11.0. The van der Waals surface area contributed by atoms with Crippen molar-refractivity contribution in [3.63, 3.8) is 0 Å². The Hall–Kier alpha value is -2.50. The van der Waals surface area contributed by atoms with Crippen LogP contribution in [0.2, 0.25) is 0 Å². The molecule has 1 heterocycles. The lowest BCUT2D eigenvalue weighted by atomic mass is 10.1. The molecule has 2 rings (SSSR count). The Bertz CT molecular complexity index is 588. The number of primary amides is 1. The molecule has 6 heteroatoms. The van der Waals surface area contributed by atoms with Crippen LogP contribution in [0.5, 0.6) is 0 Å². The van der Waals surface area contributed by atoms with Gasteiger partial charge in [-0.15, -0.1) is 0 Å². The smallest absolute Gasteiger partial charge is 0.253 e. The molecule has 0 saturated heterocycles. The summed E-state index contributed by atoms with van der Waals surface area (Å²) in [6, 6.07) is 5.23. The number of H-pyrrole nitrogens is 1. The zero-order valence-corrected chi connectivity index (χ0v) is 8.99. The van der Waals surface area contributed by atoms with Crippen LogP contribution in [0.1, 0.15) is 10.4 Å². The number of carbonyl (C=O) groups excluding carboxylic acids is 2. The second kappa shape index (κ2) is 4.17. The molecule has 88 valence electrons. The second-order valence-electron chi connectivity index (χ2n) is 3.66. The highest BCUT2D eigenvalue weighted by atomic mass is 16.2. The van der Waals surface area contributed by atoms with Gasteiger partial charge < -0.3 is 21.8 Å². The molecule has 0 aliphatic rings. The van der Waals surface area contributed by atoms with E-state index in [1.807, 2.05) is 0 Å². The van der Waals surface area contributed by atoms with E-state index in [1.165, 1.54) is 0 Å². The van der Waals surface area contributed by atoms with Crippen LogP contribution in [-0.4, -0.2) is 23.3 Å². The average Bonchev–Trinajstić information content (AvgIpc) is 2.68. The van der Waals surface area contributed by atoms with E-state index < -0.39 is 5.91 Å². The van der Waals surface area contributed by atoms with Gasteiger partial charge in [0.1, 0.15) is 0 Å². The molecule has 1 aromatic heterocycles. The monoisotopic (exact) mass is 232 g/mol. The number of anilines is 1. The summed E-state index contributed by atoms with van der Waals surface area (Å²) in [6.45, 7) is -0.187. The van der Waals surface area contributed by atoms with E-state index in [-0.39, 0.29) is 12.5 Å². The van der Waals surface area contributed by atoms with Crippen molar-refractivity contribution in [3.8, 4) is 0 Å². The zero-order chi connectivity index (χ0) is 12.4. The summed E-state index contributed by atoms with van der Waals surface area (Å²) in [7, 11) is 0. The number of aromatic amines is 1. The number of nitrogens with one attached hydrogen (secondary N) is 2. The molecule has 0 saturated carbocycles. The molecule has 17 heavy (non-hydrogen) atoms. The lowest BCUT2D eigenvalue weighted by molar-refractivity contribution is -0.117. The number of amides is 2. The van der Waals surface area contributed by atoms with Crippen molar-refractivity contribution in [1.82, 2.24) is 10.3 Å². The maximum absolute atomic E-state index is 11.8. The highest BCUT2D eigenvalue weighted by molar-refractivity contribution is 6.08. The maximum atomic E-state index is 11.8. The van der Waals surface area contributed by atoms with E-state index in [2.05, 4.69) is 10.3 Å². The van der Waals surface area contributed by atoms with Crippen molar-refractivity contribution >= 4 is 28.4 Å². The largest absolute Gasteiger partial charge is 0.399 e. The lowest BCUT2D eigenvalue weighted by Crippen LogP contribution is -2.33. The molecule has 6 N–H and O–H groups in total. The molecule has 6 nitrogen and oxygen atoms in total. The number of rotatable bonds is 3. The standard InChI is InChI=1S/C11H12N4O2/c12-6-1-2-9-7(3-6)8(4-14-9)11(17)15-5-10(13)16/h1-4,14H,5,12H2,(H2,13,16)(H,15,17). The molecule has 0 atom stereocenters. The highest BCUT2D eigenvalue weighted by Gasteiger charge is 2.12. The van der Waals surface area contributed by atoms with E-state index in [9.17, 15) is 9.59 Å². The van der Waals surface area contributed by atoms with Gasteiger partial charge >= 0.3 is 0 Å². The van der Waals surface area contributed by atoms with Gasteiger partial charge in [-0.3, -0.25) is 9.59 Å². The molecule has 0 aliphatic carbocycles. The molecule has 0 spiro atoms. The topological polar surface area (TPSA) is 114 Å². The Labute approximate surface area is 97.0 Å². The maximum Gasteiger partial charge on any atom is 0.253 e. The number of hydrogen-bond donors (Lipinski definition) is 4. The molecule has 2 amide bonds. The normalized spacial score (nSPS) is 10.4. The van der Waals surface area contributed by atoms with E-state index in [0.717, 1.165) is 5.52 Å². The Kier molecular flexibility index (Phi) is 2.70. The minimum Gasteiger partial charge on any atom is -0.399 e. The van der Waals surface area contributed by atoms with Crippen LogP contribution in [0, 0.1) is 0 Å². The Morgan fingerprint density at radius 2 is 2.12 bits per heavy atom. The van der Waals surface area contributed by atoms with E-state index >= 15 is 0 Å². The van der Waals surface area contributed by atoms with E-state index in [0.29, 0.717) is 16.6 Å². The molecule has 0 bridgehead atoms.